The van der Waals surface area contributed by atoms with E-state index in [0.29, 0.717) is 0 Å². The summed E-state index contributed by atoms with van der Waals surface area (Å²) in [6, 6.07) is 1.71. The first-order valence-electron chi connectivity index (χ1n) is 5.32. The lowest BCUT2D eigenvalue weighted by Crippen LogP contribution is -2.14. The predicted molar refractivity (Wildman–Crippen MR) is 73.8 cm³/mol. The third kappa shape index (κ3) is 2.92. The van der Waals surface area contributed by atoms with Crippen molar-refractivity contribution >= 4 is 38.6 Å². The van der Waals surface area contributed by atoms with Crippen LogP contribution in [0.4, 0.5) is 14.5 Å². The van der Waals surface area contributed by atoms with Crippen molar-refractivity contribution in [2.75, 3.05) is 4.72 Å². The van der Waals surface area contributed by atoms with Gasteiger partial charge in [0.1, 0.15) is 11.6 Å². The molecule has 0 saturated carbocycles. The van der Waals surface area contributed by atoms with Crippen molar-refractivity contribution in [1.82, 2.24) is 4.98 Å². The smallest absolute Gasteiger partial charge is 0.273 e. The average molecular weight is 339 g/mol. The Morgan fingerprint density at radius 3 is 2.45 bits per heavy atom. The number of hydrogen-bond donors (Lipinski definition) is 1. The van der Waals surface area contributed by atoms with Crippen LogP contribution in [-0.4, -0.2) is 13.4 Å². The van der Waals surface area contributed by atoms with Gasteiger partial charge in [-0.2, -0.15) is 0 Å². The molecule has 1 heterocycles. The Hall–Kier alpha value is -1.25. The van der Waals surface area contributed by atoms with Crippen LogP contribution >= 0.6 is 22.9 Å². The van der Waals surface area contributed by atoms with Gasteiger partial charge < -0.3 is 0 Å². The van der Waals surface area contributed by atoms with Crippen molar-refractivity contribution < 1.29 is 17.2 Å². The van der Waals surface area contributed by atoms with Crippen LogP contribution < -0.4 is 4.72 Å². The third-order valence-electron chi connectivity index (χ3n) is 2.46. The van der Waals surface area contributed by atoms with Crippen molar-refractivity contribution in [3.05, 3.63) is 39.5 Å². The molecule has 2 aromatic rings. The first-order valence-corrected chi connectivity index (χ1v) is 8.00. The molecule has 0 radical (unpaired) electrons. The number of halogens is 3. The van der Waals surface area contributed by atoms with E-state index < -0.39 is 27.3 Å². The Kier molecular flexibility index (Phi) is 3.99. The van der Waals surface area contributed by atoms with Crippen LogP contribution in [0.5, 0.6) is 0 Å². The molecule has 108 valence electrons. The minimum atomic E-state index is -4.06. The number of thiazole rings is 1. The average Bonchev–Trinajstić information content (AvgIpc) is 2.66. The zero-order valence-corrected chi connectivity index (χ0v) is 12.8. The molecule has 0 atom stereocenters. The van der Waals surface area contributed by atoms with E-state index in [1.807, 2.05) is 4.72 Å². The number of nitrogens with one attached hydrogen (secondary N) is 1. The molecule has 9 heteroatoms. The molecule has 1 N–H and O–H groups in total. The van der Waals surface area contributed by atoms with Crippen molar-refractivity contribution in [3.8, 4) is 0 Å². The maximum Gasteiger partial charge on any atom is 0.273 e. The monoisotopic (exact) mass is 338 g/mol. The fourth-order valence-corrected chi connectivity index (χ4v) is 4.31. The zero-order valence-electron chi connectivity index (χ0n) is 10.4. The Morgan fingerprint density at radius 2 is 1.90 bits per heavy atom. The summed E-state index contributed by atoms with van der Waals surface area (Å²) in [7, 11) is -4.06. The van der Waals surface area contributed by atoms with Gasteiger partial charge in [-0.1, -0.05) is 22.9 Å². The summed E-state index contributed by atoms with van der Waals surface area (Å²) in [4.78, 5) is 3.77. The van der Waals surface area contributed by atoms with Crippen LogP contribution in [0, 0.1) is 25.5 Å². The zero-order chi connectivity index (χ0) is 15.1. The molecule has 0 unspecified atom stereocenters. The summed E-state index contributed by atoms with van der Waals surface area (Å²) in [6.07, 6.45) is 0. The Labute approximate surface area is 123 Å². The van der Waals surface area contributed by atoms with E-state index in [1.54, 1.807) is 0 Å². The van der Waals surface area contributed by atoms with Crippen LogP contribution in [0.2, 0.25) is 4.47 Å². The van der Waals surface area contributed by atoms with Crippen LogP contribution in [0.3, 0.4) is 0 Å². The number of aromatic nitrogens is 1. The summed E-state index contributed by atoms with van der Waals surface area (Å²) in [5.41, 5.74) is -0.181. The van der Waals surface area contributed by atoms with E-state index in [9.17, 15) is 17.2 Å². The molecule has 1 aromatic carbocycles. The highest BCUT2D eigenvalue weighted by atomic mass is 35.5. The molecule has 0 fully saturated rings. The minimum Gasteiger partial charge on any atom is -0.276 e. The summed E-state index contributed by atoms with van der Waals surface area (Å²) >= 11 is 6.37. The van der Waals surface area contributed by atoms with Crippen molar-refractivity contribution in [2.45, 2.75) is 18.1 Å². The van der Waals surface area contributed by atoms with Crippen molar-refractivity contribution in [2.24, 2.45) is 0 Å². The number of aryl methyl sites for hydroxylation is 2. The molecule has 0 amide bonds. The molecule has 0 bridgehead atoms. The number of anilines is 1. The van der Waals surface area contributed by atoms with E-state index in [4.69, 9.17) is 11.6 Å². The third-order valence-corrected chi connectivity index (χ3v) is 5.70. The Bertz CT molecular complexity index is 775. The summed E-state index contributed by atoms with van der Waals surface area (Å²) in [5.74, 6) is -1.57. The van der Waals surface area contributed by atoms with Crippen molar-refractivity contribution in [1.29, 1.82) is 0 Å². The fraction of sp³-hybridized carbons (Fsp3) is 0.182. The highest BCUT2D eigenvalue weighted by Gasteiger charge is 2.23. The Balaban J connectivity index is 2.43. The SMILES string of the molecule is Cc1cc(F)c(NS(=O)(=O)c2sc(Cl)nc2C)cc1F. The van der Waals surface area contributed by atoms with E-state index >= 15 is 0 Å². The van der Waals surface area contributed by atoms with Crippen LogP contribution in [-0.2, 0) is 10.0 Å². The number of sulfonamides is 1. The molecule has 0 aliphatic heterocycles. The van der Waals surface area contributed by atoms with Gasteiger partial charge in [0.15, 0.2) is 8.68 Å². The molecule has 20 heavy (non-hydrogen) atoms. The first-order chi connectivity index (χ1) is 9.20. The number of benzene rings is 1. The van der Waals surface area contributed by atoms with Crippen molar-refractivity contribution in [3.63, 3.8) is 0 Å². The number of hydrogen-bond acceptors (Lipinski definition) is 4. The molecule has 1 aromatic heterocycles. The van der Waals surface area contributed by atoms with Gasteiger partial charge in [0.05, 0.1) is 11.4 Å². The summed E-state index contributed by atoms with van der Waals surface area (Å²) in [5, 5.41) is 0. The second-order valence-corrected chi connectivity index (χ2v) is 7.49. The molecule has 0 aliphatic rings. The largest absolute Gasteiger partial charge is 0.276 e. The van der Waals surface area contributed by atoms with Crippen LogP contribution in [0.15, 0.2) is 16.3 Å². The lowest BCUT2D eigenvalue weighted by Gasteiger charge is -2.09. The van der Waals surface area contributed by atoms with Gasteiger partial charge in [0.2, 0.25) is 0 Å². The topological polar surface area (TPSA) is 59.1 Å². The molecule has 2 rings (SSSR count). The highest BCUT2D eigenvalue weighted by molar-refractivity contribution is 7.94. The molecular formula is C11H9ClF2N2O2S2. The van der Waals surface area contributed by atoms with Crippen LogP contribution in [0.1, 0.15) is 11.3 Å². The standard InChI is InChI=1S/C11H9ClF2N2O2S2/c1-5-3-8(14)9(4-7(5)13)16-20(17,18)10-6(2)15-11(12)19-10/h3-4,16H,1-2H3. The highest BCUT2D eigenvalue weighted by Crippen LogP contribution is 2.29. The lowest BCUT2D eigenvalue weighted by molar-refractivity contribution is 0.591. The predicted octanol–water partition coefficient (Wildman–Crippen LogP) is 3.49. The fourth-order valence-electron chi connectivity index (χ4n) is 1.52. The maximum absolute atomic E-state index is 13.7. The van der Waals surface area contributed by atoms with Gasteiger partial charge in [-0.15, -0.1) is 0 Å². The molecule has 4 nitrogen and oxygen atoms in total. The van der Waals surface area contributed by atoms with Gasteiger partial charge in [-0.05, 0) is 25.5 Å². The quantitative estimate of drug-likeness (QED) is 0.932. The second kappa shape index (κ2) is 5.27. The lowest BCUT2D eigenvalue weighted by atomic mass is 10.2. The van der Waals surface area contributed by atoms with Gasteiger partial charge in [-0.25, -0.2) is 22.2 Å². The maximum atomic E-state index is 13.7. The molecule has 0 spiro atoms. The van der Waals surface area contributed by atoms with Crippen LogP contribution in [0.25, 0.3) is 0 Å². The van der Waals surface area contributed by atoms with Gasteiger partial charge in [-0.3, -0.25) is 4.72 Å². The minimum absolute atomic E-state index is 0.0541. The normalized spacial score (nSPS) is 11.7. The second-order valence-electron chi connectivity index (χ2n) is 4.03. The molecule has 0 saturated heterocycles. The molecule has 0 aliphatic carbocycles. The number of rotatable bonds is 3. The molecular weight excluding hydrogens is 330 g/mol. The van der Waals surface area contributed by atoms with E-state index in [-0.39, 0.29) is 19.9 Å². The van der Waals surface area contributed by atoms with E-state index in [0.717, 1.165) is 23.5 Å². The van der Waals surface area contributed by atoms with E-state index in [2.05, 4.69) is 4.98 Å². The summed E-state index contributed by atoms with van der Waals surface area (Å²) in [6.45, 7) is 2.84. The van der Waals surface area contributed by atoms with Gasteiger partial charge in [0.25, 0.3) is 10.0 Å². The Morgan fingerprint density at radius 1 is 1.25 bits per heavy atom. The number of nitrogens with zero attached hydrogens (tertiary/aromatic N) is 1. The first kappa shape index (κ1) is 15.1. The summed E-state index contributed by atoms with van der Waals surface area (Å²) < 4.78 is 53.1. The van der Waals surface area contributed by atoms with Gasteiger partial charge in [0, 0.05) is 6.07 Å². The van der Waals surface area contributed by atoms with Gasteiger partial charge >= 0.3 is 0 Å². The van der Waals surface area contributed by atoms with E-state index in [1.165, 1.54) is 13.8 Å².